The number of phenolic OH excluding ortho intramolecular Hbond substituents is 1. The van der Waals surface area contributed by atoms with E-state index >= 15 is 0 Å². The first-order valence-corrected chi connectivity index (χ1v) is 12.5. The molecule has 2 aromatic rings. The van der Waals surface area contributed by atoms with E-state index in [-0.39, 0.29) is 25.1 Å². The number of nitrogens with two attached hydrogens (primary N) is 1. The molecule has 10 nitrogen and oxygen atoms in total. The molecule has 206 valence electrons. The fourth-order valence-electron chi connectivity index (χ4n) is 3.81. The fraction of sp³-hybridized carbons (Fsp3) is 0.407. The van der Waals surface area contributed by atoms with Gasteiger partial charge in [0.2, 0.25) is 11.8 Å². The summed E-state index contributed by atoms with van der Waals surface area (Å²) in [6, 6.07) is 8.67. The molecule has 0 bridgehead atoms. The largest absolute Gasteiger partial charge is 0.508 e. The molecule has 0 aliphatic carbocycles. The molecule has 0 aromatic heterocycles. The number of nitrogens with one attached hydrogen (secondary N) is 2. The van der Waals surface area contributed by atoms with Crippen molar-refractivity contribution in [3.63, 3.8) is 0 Å². The second-order valence-electron chi connectivity index (χ2n) is 9.75. The molecule has 2 unspecified atom stereocenters. The van der Waals surface area contributed by atoms with Crippen LogP contribution >= 0.6 is 11.6 Å². The van der Waals surface area contributed by atoms with Crippen LogP contribution in [0.4, 0.5) is 10.5 Å². The number of benzene rings is 2. The second kappa shape index (κ2) is 13.1. The van der Waals surface area contributed by atoms with Gasteiger partial charge in [-0.15, -0.1) is 0 Å². The number of carbonyl (C=O) groups excluding carboxylic acids is 4. The first-order valence-electron chi connectivity index (χ1n) is 12.2. The Morgan fingerprint density at radius 1 is 1.13 bits per heavy atom. The topological polar surface area (TPSA) is 151 Å². The highest BCUT2D eigenvalue weighted by molar-refractivity contribution is 6.34. The lowest BCUT2D eigenvalue weighted by Crippen LogP contribution is -2.52. The second-order valence-corrected chi connectivity index (χ2v) is 10.2. The van der Waals surface area contributed by atoms with E-state index in [1.807, 2.05) is 0 Å². The number of para-hydroxylation sites is 1. The average Bonchev–Trinajstić information content (AvgIpc) is 2.80. The van der Waals surface area contributed by atoms with Gasteiger partial charge in [0.15, 0.2) is 0 Å². The summed E-state index contributed by atoms with van der Waals surface area (Å²) in [5.74, 6) is -1.99. The normalized spacial score (nSPS) is 12.7. The molecule has 38 heavy (non-hydrogen) atoms. The number of ether oxygens (including phenoxy) is 1. The van der Waals surface area contributed by atoms with Crippen LogP contribution in [0.5, 0.6) is 5.75 Å². The van der Waals surface area contributed by atoms with E-state index < -0.39 is 41.5 Å². The summed E-state index contributed by atoms with van der Waals surface area (Å²) in [6.07, 6.45) is -1.16. The Labute approximate surface area is 227 Å². The van der Waals surface area contributed by atoms with Crippen molar-refractivity contribution in [3.8, 4) is 5.75 Å². The predicted molar refractivity (Wildman–Crippen MR) is 145 cm³/mol. The molecule has 0 fully saturated rings. The van der Waals surface area contributed by atoms with E-state index in [9.17, 15) is 24.3 Å². The number of carbonyl (C=O) groups is 4. The van der Waals surface area contributed by atoms with Gasteiger partial charge in [-0.2, -0.15) is 0 Å². The Balaban J connectivity index is 2.50. The fourth-order valence-corrected chi connectivity index (χ4v) is 4.08. The Bertz CT molecular complexity index is 1160. The highest BCUT2D eigenvalue weighted by Gasteiger charge is 2.36. The third-order valence-corrected chi connectivity index (χ3v) is 5.82. The van der Waals surface area contributed by atoms with Gasteiger partial charge < -0.3 is 31.1 Å². The minimum Gasteiger partial charge on any atom is -0.508 e. The zero-order chi connectivity index (χ0) is 28.6. The van der Waals surface area contributed by atoms with E-state index in [1.165, 1.54) is 17.0 Å². The van der Waals surface area contributed by atoms with Crippen molar-refractivity contribution in [3.05, 3.63) is 58.6 Å². The van der Waals surface area contributed by atoms with Crippen LogP contribution in [0.1, 0.15) is 57.7 Å². The maximum atomic E-state index is 13.8. The number of aromatic hydroxyl groups is 1. The van der Waals surface area contributed by atoms with E-state index in [0.29, 0.717) is 21.8 Å². The van der Waals surface area contributed by atoms with Crippen molar-refractivity contribution < 1.29 is 29.0 Å². The van der Waals surface area contributed by atoms with Crippen LogP contribution < -0.4 is 16.4 Å². The van der Waals surface area contributed by atoms with Crippen molar-refractivity contribution in [1.82, 2.24) is 10.2 Å². The molecule has 0 aliphatic rings. The summed E-state index contributed by atoms with van der Waals surface area (Å²) in [7, 11) is 0. The Hall–Kier alpha value is -3.79. The maximum absolute atomic E-state index is 13.8. The van der Waals surface area contributed by atoms with Crippen LogP contribution in [0.2, 0.25) is 5.02 Å². The van der Waals surface area contributed by atoms with Crippen molar-refractivity contribution in [1.29, 1.82) is 0 Å². The van der Waals surface area contributed by atoms with Gasteiger partial charge in [-0.3, -0.25) is 14.4 Å². The van der Waals surface area contributed by atoms with E-state index in [4.69, 9.17) is 22.1 Å². The summed E-state index contributed by atoms with van der Waals surface area (Å²) in [6.45, 7) is 8.51. The Morgan fingerprint density at radius 2 is 1.79 bits per heavy atom. The molecule has 0 heterocycles. The third-order valence-electron chi connectivity index (χ3n) is 5.51. The lowest BCUT2D eigenvalue weighted by atomic mass is 10.0. The quantitative estimate of drug-likeness (QED) is 0.353. The molecule has 0 aliphatic heterocycles. The highest BCUT2D eigenvalue weighted by Crippen LogP contribution is 2.30. The van der Waals surface area contributed by atoms with Gasteiger partial charge in [0.05, 0.1) is 10.7 Å². The van der Waals surface area contributed by atoms with Crippen LogP contribution in [0.3, 0.4) is 0 Å². The first-order chi connectivity index (χ1) is 17.7. The monoisotopic (exact) mass is 546 g/mol. The smallest absolute Gasteiger partial charge is 0.408 e. The molecular formula is C27H35ClN4O6. The predicted octanol–water partition coefficient (Wildman–Crippen LogP) is 4.04. The number of phenols is 1. The zero-order valence-electron chi connectivity index (χ0n) is 22.2. The summed E-state index contributed by atoms with van der Waals surface area (Å²) in [4.78, 5) is 52.8. The number of anilines is 1. The molecule has 0 saturated heterocycles. The lowest BCUT2D eigenvalue weighted by Gasteiger charge is -2.34. The standard InChI is InChI=1S/C27H35ClN4O6/c1-6-32(25(36)20(13-14-21(29)34)30-26(37)38-27(3,4)5)23(17-10-8-11-18(33)15-17)24(35)31-22-16(2)9-7-12-19(22)28/h7-12,15,20,23,33H,6,13-14H2,1-5H3,(H2,29,34)(H,30,37)(H,31,35). The minimum atomic E-state index is -1.22. The number of rotatable bonds is 10. The van der Waals surface area contributed by atoms with Gasteiger partial charge in [0.1, 0.15) is 23.4 Å². The van der Waals surface area contributed by atoms with Gasteiger partial charge in [0.25, 0.3) is 5.91 Å². The average molecular weight is 547 g/mol. The van der Waals surface area contributed by atoms with Crippen molar-refractivity contribution in [2.45, 2.75) is 65.1 Å². The number of hydrogen-bond acceptors (Lipinski definition) is 6. The SMILES string of the molecule is CCN(C(=O)C(CCC(N)=O)NC(=O)OC(C)(C)C)C(C(=O)Nc1c(C)cccc1Cl)c1cccc(O)c1. The summed E-state index contributed by atoms with van der Waals surface area (Å²) in [5.41, 5.74) is 5.88. The number of alkyl carbamates (subject to hydrolysis) is 1. The van der Waals surface area contributed by atoms with Crippen LogP contribution in [0.15, 0.2) is 42.5 Å². The van der Waals surface area contributed by atoms with Gasteiger partial charge in [-0.05, 0) is 70.4 Å². The number of nitrogens with zero attached hydrogens (tertiary/aromatic N) is 1. The van der Waals surface area contributed by atoms with E-state index in [0.717, 1.165) is 0 Å². The number of amides is 4. The van der Waals surface area contributed by atoms with Crippen LogP contribution in [-0.2, 0) is 19.1 Å². The number of primary amides is 1. The molecule has 2 aromatic carbocycles. The number of halogens is 1. The number of hydrogen-bond donors (Lipinski definition) is 4. The zero-order valence-corrected chi connectivity index (χ0v) is 23.0. The van der Waals surface area contributed by atoms with Crippen LogP contribution in [0, 0.1) is 6.92 Å². The molecular weight excluding hydrogens is 512 g/mol. The number of aryl methyl sites for hydroxylation is 1. The lowest BCUT2D eigenvalue weighted by molar-refractivity contribution is -0.140. The molecule has 4 amide bonds. The third kappa shape index (κ3) is 8.65. The molecule has 11 heteroatoms. The van der Waals surface area contributed by atoms with Crippen molar-refractivity contribution in [2.24, 2.45) is 5.73 Å². The molecule has 0 saturated carbocycles. The summed E-state index contributed by atoms with van der Waals surface area (Å²) >= 11 is 6.32. The molecule has 0 radical (unpaired) electrons. The maximum Gasteiger partial charge on any atom is 0.408 e. The molecule has 2 rings (SSSR count). The van der Waals surface area contributed by atoms with Crippen LogP contribution in [-0.4, -0.2) is 52.0 Å². The van der Waals surface area contributed by atoms with Gasteiger partial charge in [-0.1, -0.05) is 35.9 Å². The first kappa shape index (κ1) is 30.4. The number of likely N-dealkylation sites (N-methyl/N-ethyl adjacent to an activating group) is 1. The molecule has 0 spiro atoms. The van der Waals surface area contributed by atoms with E-state index in [1.54, 1.807) is 65.0 Å². The van der Waals surface area contributed by atoms with Gasteiger partial charge in [0, 0.05) is 13.0 Å². The van der Waals surface area contributed by atoms with Gasteiger partial charge in [-0.25, -0.2) is 4.79 Å². The Kier molecular flexibility index (Phi) is 10.5. The minimum absolute atomic E-state index is 0.0527. The van der Waals surface area contributed by atoms with Crippen molar-refractivity contribution in [2.75, 3.05) is 11.9 Å². The van der Waals surface area contributed by atoms with Gasteiger partial charge >= 0.3 is 6.09 Å². The summed E-state index contributed by atoms with van der Waals surface area (Å²) in [5, 5.41) is 15.7. The van der Waals surface area contributed by atoms with E-state index in [2.05, 4.69) is 10.6 Å². The Morgan fingerprint density at radius 3 is 2.34 bits per heavy atom. The summed E-state index contributed by atoms with van der Waals surface area (Å²) < 4.78 is 5.29. The van der Waals surface area contributed by atoms with Crippen LogP contribution in [0.25, 0.3) is 0 Å². The highest BCUT2D eigenvalue weighted by atomic mass is 35.5. The molecule has 5 N–H and O–H groups in total. The molecule has 2 atom stereocenters. The van der Waals surface area contributed by atoms with Crippen molar-refractivity contribution >= 4 is 41.1 Å².